The molecule has 0 fully saturated rings. The standard InChI is InChI=1S/C16H18N6O2/c1-21(2)11-14(23)18-12-10-13(22-7-4-3-5-8-22)20-15(19-12)16-17-6-9-24-16/h3-7,9-10H,8,11H2,1-2H3,(H,18,19,20,23). The molecule has 2 aromatic rings. The fourth-order valence-corrected chi connectivity index (χ4v) is 2.18. The third-order valence-corrected chi connectivity index (χ3v) is 3.17. The van der Waals surface area contributed by atoms with Crippen molar-refractivity contribution in [2.24, 2.45) is 0 Å². The molecule has 1 amide bonds. The molecule has 0 saturated heterocycles. The van der Waals surface area contributed by atoms with E-state index < -0.39 is 0 Å². The van der Waals surface area contributed by atoms with Crippen molar-refractivity contribution in [3.63, 3.8) is 0 Å². The molecule has 0 unspecified atom stereocenters. The lowest BCUT2D eigenvalue weighted by molar-refractivity contribution is -0.116. The Balaban J connectivity index is 1.92. The van der Waals surface area contributed by atoms with Gasteiger partial charge in [-0.25, -0.2) is 15.0 Å². The summed E-state index contributed by atoms with van der Waals surface area (Å²) in [4.78, 5) is 28.6. The highest BCUT2D eigenvalue weighted by Crippen LogP contribution is 2.22. The smallest absolute Gasteiger partial charge is 0.264 e. The first-order chi connectivity index (χ1) is 11.6. The van der Waals surface area contributed by atoms with Crippen LogP contribution in [0.4, 0.5) is 11.6 Å². The van der Waals surface area contributed by atoms with Crippen LogP contribution in [0.15, 0.2) is 47.4 Å². The van der Waals surface area contributed by atoms with Gasteiger partial charge >= 0.3 is 0 Å². The minimum Gasteiger partial charge on any atom is -0.442 e. The second kappa shape index (κ2) is 7.05. The lowest BCUT2D eigenvalue weighted by Gasteiger charge is -2.20. The zero-order valence-electron chi connectivity index (χ0n) is 13.5. The largest absolute Gasteiger partial charge is 0.442 e. The second-order valence-electron chi connectivity index (χ2n) is 5.48. The van der Waals surface area contributed by atoms with Crippen LogP contribution in [0.1, 0.15) is 0 Å². The van der Waals surface area contributed by atoms with Gasteiger partial charge in [0.1, 0.15) is 17.9 Å². The summed E-state index contributed by atoms with van der Waals surface area (Å²) >= 11 is 0. The van der Waals surface area contributed by atoms with Gasteiger partial charge in [0.25, 0.3) is 5.89 Å². The number of carbonyl (C=O) groups excluding carboxylic acids is 1. The van der Waals surface area contributed by atoms with Crippen molar-refractivity contribution in [3.8, 4) is 11.7 Å². The Morgan fingerprint density at radius 2 is 2.25 bits per heavy atom. The molecule has 8 nitrogen and oxygen atoms in total. The Kier molecular flexibility index (Phi) is 4.66. The summed E-state index contributed by atoms with van der Waals surface area (Å²) in [6.45, 7) is 0.948. The van der Waals surface area contributed by atoms with E-state index in [1.807, 2.05) is 43.4 Å². The number of nitrogens with one attached hydrogen (secondary N) is 1. The lowest BCUT2D eigenvalue weighted by Crippen LogP contribution is -2.28. The van der Waals surface area contributed by atoms with Crippen LogP contribution in [0.25, 0.3) is 11.7 Å². The highest BCUT2D eigenvalue weighted by molar-refractivity contribution is 5.91. The van der Waals surface area contributed by atoms with Gasteiger partial charge in [0.15, 0.2) is 0 Å². The summed E-state index contributed by atoms with van der Waals surface area (Å²) in [7, 11) is 3.65. The van der Waals surface area contributed by atoms with Crippen molar-refractivity contribution in [2.45, 2.75) is 0 Å². The summed E-state index contributed by atoms with van der Waals surface area (Å²) in [5.41, 5.74) is 0. The molecular weight excluding hydrogens is 308 g/mol. The summed E-state index contributed by atoms with van der Waals surface area (Å²) in [6, 6.07) is 1.73. The predicted molar refractivity (Wildman–Crippen MR) is 90.3 cm³/mol. The summed E-state index contributed by atoms with van der Waals surface area (Å²) < 4.78 is 5.28. The number of amides is 1. The van der Waals surface area contributed by atoms with Crippen molar-refractivity contribution in [1.29, 1.82) is 0 Å². The number of hydrogen-bond donors (Lipinski definition) is 1. The van der Waals surface area contributed by atoms with E-state index in [0.29, 0.717) is 29.9 Å². The summed E-state index contributed by atoms with van der Waals surface area (Å²) in [6.07, 6.45) is 10.8. The van der Waals surface area contributed by atoms with Crippen LogP contribution >= 0.6 is 0 Å². The molecule has 24 heavy (non-hydrogen) atoms. The van der Waals surface area contributed by atoms with Gasteiger partial charge in [0, 0.05) is 18.8 Å². The van der Waals surface area contributed by atoms with E-state index >= 15 is 0 Å². The number of hydrogen-bond acceptors (Lipinski definition) is 7. The van der Waals surface area contributed by atoms with Crippen LogP contribution in [0.5, 0.6) is 0 Å². The van der Waals surface area contributed by atoms with Gasteiger partial charge in [-0.05, 0) is 20.2 Å². The minimum atomic E-state index is -0.155. The molecule has 0 radical (unpaired) electrons. The molecule has 2 aromatic heterocycles. The van der Waals surface area contributed by atoms with E-state index in [9.17, 15) is 4.79 Å². The third kappa shape index (κ3) is 3.85. The molecule has 3 heterocycles. The number of likely N-dealkylation sites (N-methyl/N-ethyl adjacent to an activating group) is 1. The third-order valence-electron chi connectivity index (χ3n) is 3.17. The van der Waals surface area contributed by atoms with Gasteiger partial charge in [0.2, 0.25) is 11.7 Å². The first-order valence-electron chi connectivity index (χ1n) is 7.45. The molecule has 0 aliphatic carbocycles. The first-order valence-corrected chi connectivity index (χ1v) is 7.45. The monoisotopic (exact) mass is 326 g/mol. The number of allylic oxidation sites excluding steroid dienone is 2. The fraction of sp³-hybridized carbons (Fsp3) is 0.250. The molecule has 3 rings (SSSR count). The maximum atomic E-state index is 12.0. The van der Waals surface area contributed by atoms with Crippen LogP contribution in [-0.4, -0.2) is 52.9 Å². The van der Waals surface area contributed by atoms with Crippen molar-refractivity contribution in [2.75, 3.05) is 37.4 Å². The van der Waals surface area contributed by atoms with Gasteiger partial charge in [0.05, 0.1) is 12.7 Å². The van der Waals surface area contributed by atoms with E-state index in [-0.39, 0.29) is 12.5 Å². The van der Waals surface area contributed by atoms with Gasteiger partial charge < -0.3 is 19.5 Å². The molecule has 8 heteroatoms. The van der Waals surface area contributed by atoms with Crippen LogP contribution in [0, 0.1) is 0 Å². The minimum absolute atomic E-state index is 0.155. The molecule has 0 aromatic carbocycles. The number of oxazole rings is 1. The summed E-state index contributed by atoms with van der Waals surface area (Å²) in [5.74, 6) is 1.52. The van der Waals surface area contributed by atoms with Crippen LogP contribution < -0.4 is 10.2 Å². The number of carbonyl (C=O) groups is 1. The van der Waals surface area contributed by atoms with Crippen molar-refractivity contribution in [3.05, 3.63) is 43.0 Å². The molecule has 124 valence electrons. The average molecular weight is 326 g/mol. The van der Waals surface area contributed by atoms with E-state index in [1.54, 1.807) is 11.0 Å². The van der Waals surface area contributed by atoms with E-state index in [0.717, 1.165) is 0 Å². The first kappa shape index (κ1) is 15.9. The van der Waals surface area contributed by atoms with E-state index in [1.165, 1.54) is 12.5 Å². The van der Waals surface area contributed by atoms with Gasteiger partial charge in [-0.1, -0.05) is 12.2 Å². The maximum Gasteiger partial charge on any atom is 0.264 e. The van der Waals surface area contributed by atoms with Crippen LogP contribution in [-0.2, 0) is 4.79 Å². The average Bonchev–Trinajstić information content (AvgIpc) is 3.09. The molecule has 0 spiro atoms. The van der Waals surface area contributed by atoms with Crippen molar-refractivity contribution < 1.29 is 9.21 Å². The van der Waals surface area contributed by atoms with E-state index in [4.69, 9.17) is 4.42 Å². The Labute approximate surface area is 139 Å². The topological polar surface area (TPSA) is 87.4 Å². The van der Waals surface area contributed by atoms with Gasteiger partial charge in [-0.15, -0.1) is 0 Å². The van der Waals surface area contributed by atoms with Gasteiger partial charge in [-0.2, -0.15) is 0 Å². The molecular formula is C16H18N6O2. The lowest BCUT2D eigenvalue weighted by atomic mass is 10.3. The van der Waals surface area contributed by atoms with Crippen molar-refractivity contribution >= 4 is 17.5 Å². The molecule has 1 aliphatic heterocycles. The zero-order chi connectivity index (χ0) is 16.9. The SMILES string of the molecule is CN(C)CC(=O)Nc1cc(N2C=CC=CC2)nc(-c2ncco2)n1. The normalized spacial score (nSPS) is 13.5. The highest BCUT2D eigenvalue weighted by atomic mass is 16.3. The number of aromatic nitrogens is 3. The van der Waals surface area contributed by atoms with Gasteiger partial charge in [-0.3, -0.25) is 4.79 Å². The molecule has 1 aliphatic rings. The molecule has 0 bridgehead atoms. The maximum absolute atomic E-state index is 12.0. The number of rotatable bonds is 5. The Morgan fingerprint density at radius 1 is 1.38 bits per heavy atom. The summed E-state index contributed by atoms with van der Waals surface area (Å²) in [5, 5.41) is 2.79. The Morgan fingerprint density at radius 3 is 2.92 bits per heavy atom. The van der Waals surface area contributed by atoms with Crippen LogP contribution in [0.2, 0.25) is 0 Å². The number of nitrogens with zero attached hydrogens (tertiary/aromatic N) is 5. The molecule has 0 atom stereocenters. The highest BCUT2D eigenvalue weighted by Gasteiger charge is 2.15. The predicted octanol–water partition coefficient (Wildman–Crippen LogP) is 1.52. The zero-order valence-corrected chi connectivity index (χ0v) is 13.5. The van der Waals surface area contributed by atoms with E-state index in [2.05, 4.69) is 20.3 Å². The molecule has 1 N–H and O–H groups in total. The Hall–Kier alpha value is -3.00. The number of anilines is 2. The Bertz CT molecular complexity index is 767. The van der Waals surface area contributed by atoms with Crippen LogP contribution in [0.3, 0.4) is 0 Å². The second-order valence-corrected chi connectivity index (χ2v) is 5.48. The quantitative estimate of drug-likeness (QED) is 0.891. The fourth-order valence-electron chi connectivity index (χ4n) is 2.18. The van der Waals surface area contributed by atoms with Crippen molar-refractivity contribution in [1.82, 2.24) is 19.9 Å². The molecule has 0 saturated carbocycles.